The molecule has 1 aromatic rings. The average molecular weight is 517 g/mol. The number of halogens is 2. The summed E-state index contributed by atoms with van der Waals surface area (Å²) in [6.07, 6.45) is 8.71. The summed E-state index contributed by atoms with van der Waals surface area (Å²) in [5.74, 6) is 0.819. The molecule has 0 spiro atoms. The summed E-state index contributed by atoms with van der Waals surface area (Å²) >= 11 is 6.17. The third kappa shape index (κ3) is 6.86. The molecule has 1 aromatic carbocycles. The van der Waals surface area contributed by atoms with Gasteiger partial charge in [0.05, 0.1) is 18.5 Å². The molecule has 2 atom stereocenters. The van der Waals surface area contributed by atoms with Crippen LogP contribution in [0.25, 0.3) is 0 Å². The number of amidine groups is 1. The SMILES string of the molecule is C=C/C(N)=C(\C=C)N=CCOc1cc(F)c(C(OC)C2=CN=C3NC=C(Cl)CCC23)cc1OC.CC. The highest BCUT2D eigenvalue weighted by Crippen LogP contribution is 2.41. The number of nitrogens with two attached hydrogens (primary N) is 1. The summed E-state index contributed by atoms with van der Waals surface area (Å²) < 4.78 is 32.1. The van der Waals surface area contributed by atoms with Crippen LogP contribution in [0.1, 0.15) is 38.4 Å². The maximum atomic E-state index is 15.3. The van der Waals surface area contributed by atoms with E-state index in [0.29, 0.717) is 34.2 Å². The summed E-state index contributed by atoms with van der Waals surface area (Å²) in [5.41, 5.74) is 7.80. The molecule has 2 unspecified atom stereocenters. The number of hydrogen-bond acceptors (Lipinski definition) is 7. The fourth-order valence-electron chi connectivity index (χ4n) is 3.76. The van der Waals surface area contributed by atoms with Gasteiger partial charge in [-0.3, -0.25) is 4.99 Å². The van der Waals surface area contributed by atoms with Crippen LogP contribution in [0, 0.1) is 11.7 Å². The Morgan fingerprint density at radius 1 is 1.31 bits per heavy atom. The lowest BCUT2D eigenvalue weighted by molar-refractivity contribution is 0.123. The molecule has 0 amide bonds. The van der Waals surface area contributed by atoms with Crippen molar-refractivity contribution < 1.29 is 18.6 Å². The summed E-state index contributed by atoms with van der Waals surface area (Å²) in [6.45, 7) is 11.3. The van der Waals surface area contributed by atoms with Gasteiger partial charge in [0.15, 0.2) is 11.5 Å². The first kappa shape index (κ1) is 28.9. The normalized spacial score (nSPS) is 18.2. The van der Waals surface area contributed by atoms with Crippen LogP contribution in [0.2, 0.25) is 0 Å². The molecule has 0 saturated carbocycles. The van der Waals surface area contributed by atoms with Crippen LogP contribution >= 0.6 is 11.6 Å². The summed E-state index contributed by atoms with van der Waals surface area (Å²) in [7, 11) is 3.02. The van der Waals surface area contributed by atoms with Crippen molar-refractivity contribution in [3.05, 3.63) is 83.2 Å². The maximum Gasteiger partial charge on any atom is 0.164 e. The second kappa shape index (κ2) is 14.3. The molecule has 36 heavy (non-hydrogen) atoms. The highest BCUT2D eigenvalue weighted by Gasteiger charge is 2.34. The van der Waals surface area contributed by atoms with Gasteiger partial charge in [0.2, 0.25) is 0 Å². The van der Waals surface area contributed by atoms with Gasteiger partial charge in [0.1, 0.15) is 24.4 Å². The van der Waals surface area contributed by atoms with Gasteiger partial charge in [-0.05, 0) is 36.6 Å². The molecular weight excluding hydrogens is 483 g/mol. The van der Waals surface area contributed by atoms with E-state index in [9.17, 15) is 0 Å². The summed E-state index contributed by atoms with van der Waals surface area (Å²) in [5, 5.41) is 3.84. The molecule has 7 nitrogen and oxygen atoms in total. The molecule has 0 fully saturated rings. The second-order valence-corrected chi connectivity index (χ2v) is 7.97. The smallest absolute Gasteiger partial charge is 0.164 e. The molecule has 2 aliphatic rings. The molecule has 9 heteroatoms. The zero-order valence-corrected chi connectivity index (χ0v) is 21.9. The van der Waals surface area contributed by atoms with Crippen molar-refractivity contribution in [2.75, 3.05) is 20.8 Å². The fraction of sp³-hybridized carbons (Fsp3) is 0.333. The molecule has 2 heterocycles. The van der Waals surface area contributed by atoms with Crippen LogP contribution < -0.4 is 20.5 Å². The van der Waals surface area contributed by atoms with Gasteiger partial charge in [-0.25, -0.2) is 9.38 Å². The number of rotatable bonds is 10. The van der Waals surface area contributed by atoms with Crippen molar-refractivity contribution >= 4 is 23.7 Å². The van der Waals surface area contributed by atoms with E-state index < -0.39 is 11.9 Å². The van der Waals surface area contributed by atoms with Gasteiger partial charge in [-0.1, -0.05) is 38.6 Å². The molecule has 0 bridgehead atoms. The zero-order chi connectivity index (χ0) is 26.7. The van der Waals surface area contributed by atoms with E-state index in [1.165, 1.54) is 38.7 Å². The first-order chi connectivity index (χ1) is 17.4. The van der Waals surface area contributed by atoms with Gasteiger partial charge in [0, 0.05) is 48.3 Å². The number of fused-ring (bicyclic) bond motifs is 1. The molecule has 0 aromatic heterocycles. The molecule has 194 valence electrons. The Kier molecular flexibility index (Phi) is 11.4. The number of ether oxygens (including phenoxy) is 3. The van der Waals surface area contributed by atoms with Crippen molar-refractivity contribution in [1.82, 2.24) is 5.32 Å². The summed E-state index contributed by atoms with van der Waals surface area (Å²) in [6, 6.07) is 2.85. The van der Waals surface area contributed by atoms with Crippen molar-refractivity contribution in [1.29, 1.82) is 0 Å². The summed E-state index contributed by atoms with van der Waals surface area (Å²) in [4.78, 5) is 8.64. The number of nitrogens with one attached hydrogen (secondary N) is 1. The van der Waals surface area contributed by atoms with Crippen LogP contribution in [-0.4, -0.2) is 32.9 Å². The predicted octanol–water partition coefficient (Wildman–Crippen LogP) is 5.92. The van der Waals surface area contributed by atoms with E-state index in [0.717, 1.165) is 17.8 Å². The molecule has 2 aliphatic heterocycles. The van der Waals surface area contributed by atoms with Crippen LogP contribution in [0.4, 0.5) is 4.39 Å². The van der Waals surface area contributed by atoms with Crippen molar-refractivity contribution in [3.63, 3.8) is 0 Å². The first-order valence-corrected chi connectivity index (χ1v) is 12.0. The lowest BCUT2D eigenvalue weighted by Gasteiger charge is -2.24. The minimum absolute atomic E-state index is 0.0508. The molecule has 0 saturated heterocycles. The standard InChI is InChI=1S/C25H28ClFN4O3.C2H6/c1-5-20(28)21(6-2)29-9-10-34-23-12-19(27)17(11-22(23)32-3)24(33-4)18-14-31-25-16(18)8-7-15(26)13-30-25;1-2/h5-6,9,11-14,16,24H,1-2,7-8,10,28H2,3-4H3,(H,30,31);1-2H3/b21-20-,29-9?;. The molecule has 0 aliphatic carbocycles. The third-order valence-corrected chi connectivity index (χ3v) is 5.79. The van der Waals surface area contributed by atoms with Gasteiger partial charge < -0.3 is 25.3 Å². The van der Waals surface area contributed by atoms with Gasteiger partial charge >= 0.3 is 0 Å². The van der Waals surface area contributed by atoms with E-state index in [2.05, 4.69) is 28.5 Å². The third-order valence-electron chi connectivity index (χ3n) is 5.49. The van der Waals surface area contributed by atoms with Gasteiger partial charge in [-0.2, -0.15) is 0 Å². The number of nitrogens with zero attached hydrogens (tertiary/aromatic N) is 2. The maximum absolute atomic E-state index is 15.3. The van der Waals surface area contributed by atoms with Crippen LogP contribution in [0.15, 0.2) is 81.8 Å². The second-order valence-electron chi connectivity index (χ2n) is 7.48. The van der Waals surface area contributed by atoms with Crippen LogP contribution in [0.5, 0.6) is 11.5 Å². The largest absolute Gasteiger partial charge is 0.493 e. The highest BCUT2D eigenvalue weighted by molar-refractivity contribution is 6.29. The minimum Gasteiger partial charge on any atom is -0.493 e. The number of aliphatic imine (C=N–C) groups is 2. The monoisotopic (exact) mass is 516 g/mol. The van der Waals surface area contributed by atoms with Crippen molar-refractivity contribution in [3.8, 4) is 11.5 Å². The number of benzene rings is 1. The number of methoxy groups -OCH3 is 2. The number of allylic oxidation sites excluding steroid dienone is 3. The predicted molar refractivity (Wildman–Crippen MR) is 145 cm³/mol. The van der Waals surface area contributed by atoms with Gasteiger partial charge in [-0.15, -0.1) is 0 Å². The molecule has 3 N–H and O–H groups in total. The van der Waals surface area contributed by atoms with Crippen molar-refractivity contribution in [2.24, 2.45) is 21.6 Å². The highest BCUT2D eigenvalue weighted by atomic mass is 35.5. The zero-order valence-electron chi connectivity index (χ0n) is 21.2. The Balaban J connectivity index is 0.00000222. The van der Waals surface area contributed by atoms with Crippen LogP contribution in [0.3, 0.4) is 0 Å². The van der Waals surface area contributed by atoms with Crippen LogP contribution in [-0.2, 0) is 4.74 Å². The lowest BCUT2D eigenvalue weighted by Crippen LogP contribution is -2.26. The fourth-order valence-corrected chi connectivity index (χ4v) is 3.92. The Hall–Kier alpha value is -3.36. The molecule has 3 rings (SSSR count). The van der Waals surface area contributed by atoms with E-state index in [1.54, 1.807) is 18.5 Å². The minimum atomic E-state index is -0.656. The average Bonchev–Trinajstić information content (AvgIpc) is 3.21. The van der Waals surface area contributed by atoms with E-state index in [4.69, 9.17) is 31.5 Å². The van der Waals surface area contributed by atoms with E-state index in [-0.39, 0.29) is 18.3 Å². The molecule has 0 radical (unpaired) electrons. The van der Waals surface area contributed by atoms with E-state index in [1.807, 2.05) is 13.8 Å². The molecular formula is C27H34ClFN4O3. The Morgan fingerprint density at radius 3 is 2.69 bits per heavy atom. The Bertz CT molecular complexity index is 1110. The van der Waals surface area contributed by atoms with Crippen molar-refractivity contribution in [2.45, 2.75) is 32.8 Å². The lowest BCUT2D eigenvalue weighted by atomic mass is 9.88. The number of hydrogen-bond donors (Lipinski definition) is 2. The van der Waals surface area contributed by atoms with E-state index >= 15 is 4.39 Å². The topological polar surface area (TPSA) is 90.5 Å². The Morgan fingerprint density at radius 2 is 2.06 bits per heavy atom. The van der Waals surface area contributed by atoms with Gasteiger partial charge in [0.25, 0.3) is 0 Å². The first-order valence-electron chi connectivity index (χ1n) is 11.6. The quantitative estimate of drug-likeness (QED) is 0.298. The Labute approximate surface area is 217 Å².